The maximum Gasteiger partial charge on any atom is 0.250 e. The Kier molecular flexibility index (Phi) is 6.23. The number of nitrogens with two attached hydrogens (primary N) is 2. The number of carbonyl (C=O) groups excluding carboxylic acids is 1. The van der Waals surface area contributed by atoms with E-state index in [1.807, 2.05) is 0 Å². The summed E-state index contributed by atoms with van der Waals surface area (Å²) < 4.78 is 46.7. The van der Waals surface area contributed by atoms with Crippen molar-refractivity contribution in [2.75, 3.05) is 17.2 Å². The lowest BCUT2D eigenvalue weighted by Gasteiger charge is -2.24. The second-order valence-corrected chi connectivity index (χ2v) is 11.2. The molecule has 0 bridgehead atoms. The van der Waals surface area contributed by atoms with Gasteiger partial charge in [-0.1, -0.05) is 23.7 Å². The normalized spacial score (nSPS) is 18.0. The van der Waals surface area contributed by atoms with Crippen LogP contribution in [0.25, 0.3) is 11.5 Å². The van der Waals surface area contributed by atoms with E-state index in [1.165, 1.54) is 11.0 Å². The molecule has 0 saturated carbocycles. The molecule has 34 heavy (non-hydrogen) atoms. The van der Waals surface area contributed by atoms with Crippen LogP contribution >= 0.6 is 11.6 Å². The molecule has 2 heterocycles. The molecule has 1 atom stereocenters. The fraction of sp³-hybridized carbons (Fsp3) is 0.318. The second-order valence-electron chi connectivity index (χ2n) is 8.74. The number of benzene rings is 2. The van der Waals surface area contributed by atoms with Gasteiger partial charge in [-0.2, -0.15) is 0 Å². The van der Waals surface area contributed by atoms with E-state index in [0.717, 1.165) is 6.07 Å². The fourth-order valence-corrected chi connectivity index (χ4v) is 5.20. The summed E-state index contributed by atoms with van der Waals surface area (Å²) in [7, 11) is -4.07. The summed E-state index contributed by atoms with van der Waals surface area (Å²) >= 11 is 5.95. The van der Waals surface area contributed by atoms with Gasteiger partial charge < -0.3 is 20.8 Å². The molecular weight excluding hydrogens is 485 g/mol. The average molecular weight is 508 g/mol. The smallest absolute Gasteiger partial charge is 0.250 e. The minimum Gasteiger partial charge on any atom is -0.420 e. The first-order chi connectivity index (χ1) is 15.9. The highest BCUT2D eigenvalue weighted by molar-refractivity contribution is 7.91. The lowest BCUT2D eigenvalue weighted by Crippen LogP contribution is -2.45. The van der Waals surface area contributed by atoms with Crippen molar-refractivity contribution < 1.29 is 22.0 Å². The number of sulfone groups is 1. The second kappa shape index (κ2) is 8.73. The lowest BCUT2D eigenvalue weighted by molar-refractivity contribution is -0.119. The number of rotatable bonds is 5. The van der Waals surface area contributed by atoms with Gasteiger partial charge in [0.1, 0.15) is 5.82 Å². The molecule has 4 N–H and O–H groups in total. The zero-order valence-corrected chi connectivity index (χ0v) is 20.0. The number of hydrogen-bond acceptors (Lipinski definition) is 8. The van der Waals surface area contributed by atoms with E-state index in [2.05, 4.69) is 10.2 Å². The van der Waals surface area contributed by atoms with Crippen LogP contribution in [0.3, 0.4) is 0 Å². The third-order valence-electron chi connectivity index (χ3n) is 5.66. The molecule has 1 aliphatic heterocycles. The highest BCUT2D eigenvalue weighted by Gasteiger charge is 2.37. The molecule has 4 rings (SSSR count). The van der Waals surface area contributed by atoms with Crippen molar-refractivity contribution in [3.05, 3.63) is 58.7 Å². The minimum atomic E-state index is -4.07. The van der Waals surface area contributed by atoms with E-state index < -0.39 is 38.8 Å². The van der Waals surface area contributed by atoms with Crippen LogP contribution in [-0.2, 0) is 26.6 Å². The molecule has 0 fully saturated rings. The topological polar surface area (TPSA) is 145 Å². The Balaban J connectivity index is 1.88. The van der Waals surface area contributed by atoms with Gasteiger partial charge in [0.15, 0.2) is 9.84 Å². The largest absolute Gasteiger partial charge is 0.420 e. The predicted molar refractivity (Wildman–Crippen MR) is 124 cm³/mol. The SMILES string of the molecule is CC(C)(CN)c1nnc(-c2cc3c(cc2F)S(=O)(=O)C[C@H](N)C(=O)N3Cc2ccc(Cl)cc2)o1. The van der Waals surface area contributed by atoms with Gasteiger partial charge in [0.2, 0.25) is 11.8 Å². The minimum absolute atomic E-state index is 0.00736. The van der Waals surface area contributed by atoms with E-state index in [0.29, 0.717) is 10.6 Å². The number of nitrogens with zero attached hydrogens (tertiary/aromatic N) is 3. The van der Waals surface area contributed by atoms with Crippen molar-refractivity contribution in [1.82, 2.24) is 10.2 Å². The zero-order chi connectivity index (χ0) is 24.8. The fourth-order valence-electron chi connectivity index (χ4n) is 3.51. The van der Waals surface area contributed by atoms with Crippen LogP contribution in [0.5, 0.6) is 0 Å². The molecule has 1 aromatic heterocycles. The number of hydrogen-bond donors (Lipinski definition) is 2. The number of amides is 1. The maximum absolute atomic E-state index is 15.2. The number of halogens is 2. The van der Waals surface area contributed by atoms with E-state index in [-0.39, 0.29) is 41.0 Å². The quantitative estimate of drug-likeness (QED) is 0.535. The van der Waals surface area contributed by atoms with Gasteiger partial charge in [0, 0.05) is 11.6 Å². The van der Waals surface area contributed by atoms with Crippen molar-refractivity contribution in [3.63, 3.8) is 0 Å². The average Bonchev–Trinajstić information content (AvgIpc) is 3.27. The first-order valence-electron chi connectivity index (χ1n) is 10.3. The van der Waals surface area contributed by atoms with Crippen molar-refractivity contribution >= 4 is 33.0 Å². The molecule has 2 aromatic carbocycles. The van der Waals surface area contributed by atoms with Crippen molar-refractivity contribution in [2.45, 2.75) is 36.7 Å². The van der Waals surface area contributed by atoms with Crippen LogP contribution in [0.15, 0.2) is 45.7 Å². The summed E-state index contributed by atoms with van der Waals surface area (Å²) in [5, 5.41) is 8.38. The zero-order valence-electron chi connectivity index (χ0n) is 18.5. The summed E-state index contributed by atoms with van der Waals surface area (Å²) in [6, 6.07) is 7.45. The van der Waals surface area contributed by atoms with Crippen molar-refractivity contribution in [3.8, 4) is 11.5 Å². The van der Waals surface area contributed by atoms with Gasteiger partial charge in [-0.15, -0.1) is 10.2 Å². The standard InChI is InChI=1S/C22H23ClFN5O4S/c1-22(2,11-25)21-28-27-19(33-21)14-7-17-18(8-15(14)24)34(31,32)10-16(26)20(30)29(17)9-12-3-5-13(23)6-4-12/h3-8,16H,9-11,25-26H2,1-2H3/t16-/m0/s1. The van der Waals surface area contributed by atoms with E-state index in [9.17, 15) is 13.2 Å². The number of aromatic nitrogens is 2. The third-order valence-corrected chi connectivity index (χ3v) is 7.70. The summed E-state index contributed by atoms with van der Waals surface area (Å²) in [5.74, 6) is -2.13. The third kappa shape index (κ3) is 4.43. The van der Waals surface area contributed by atoms with E-state index in [1.54, 1.807) is 38.1 Å². The summed E-state index contributed by atoms with van der Waals surface area (Å²) in [4.78, 5) is 14.0. The molecule has 0 radical (unpaired) electrons. The van der Waals surface area contributed by atoms with Crippen LogP contribution in [0.2, 0.25) is 5.02 Å². The van der Waals surface area contributed by atoms with Crippen molar-refractivity contribution in [1.29, 1.82) is 0 Å². The Morgan fingerprint density at radius 2 is 1.91 bits per heavy atom. The molecule has 12 heteroatoms. The summed E-state index contributed by atoms with van der Waals surface area (Å²) in [6.07, 6.45) is 0. The molecule has 1 amide bonds. The molecule has 0 saturated heterocycles. The Morgan fingerprint density at radius 1 is 1.24 bits per heavy atom. The molecule has 3 aromatic rings. The predicted octanol–water partition coefficient (Wildman–Crippen LogP) is 2.41. The first kappa shape index (κ1) is 24.3. The molecule has 180 valence electrons. The maximum atomic E-state index is 15.2. The highest BCUT2D eigenvalue weighted by Crippen LogP contribution is 2.37. The van der Waals surface area contributed by atoms with Crippen LogP contribution < -0.4 is 16.4 Å². The van der Waals surface area contributed by atoms with Gasteiger partial charge in [-0.3, -0.25) is 4.79 Å². The van der Waals surface area contributed by atoms with Gasteiger partial charge >= 0.3 is 0 Å². The Morgan fingerprint density at radius 3 is 2.56 bits per heavy atom. The van der Waals surface area contributed by atoms with Gasteiger partial charge in [0.25, 0.3) is 5.89 Å². The monoisotopic (exact) mass is 507 g/mol. The molecule has 0 unspecified atom stereocenters. The molecule has 1 aliphatic rings. The van der Waals surface area contributed by atoms with Gasteiger partial charge in [0.05, 0.1) is 39.9 Å². The number of fused-ring (bicyclic) bond motifs is 1. The Hall–Kier alpha value is -2.86. The molecule has 0 aliphatic carbocycles. The highest BCUT2D eigenvalue weighted by atomic mass is 35.5. The van der Waals surface area contributed by atoms with E-state index >= 15 is 4.39 Å². The first-order valence-corrected chi connectivity index (χ1v) is 12.4. The van der Waals surface area contributed by atoms with E-state index in [4.69, 9.17) is 27.5 Å². The Bertz CT molecular complexity index is 1360. The van der Waals surface area contributed by atoms with Crippen LogP contribution in [0.1, 0.15) is 25.3 Å². The summed E-state index contributed by atoms with van der Waals surface area (Å²) in [5.41, 5.74) is 11.5. The molecule has 9 nitrogen and oxygen atoms in total. The molecular formula is C22H23ClFN5O4S. The Labute approximate surface area is 200 Å². The van der Waals surface area contributed by atoms with Gasteiger partial charge in [-0.05, 0) is 43.7 Å². The van der Waals surface area contributed by atoms with Crippen LogP contribution in [0.4, 0.5) is 10.1 Å². The summed E-state index contributed by atoms with van der Waals surface area (Å²) in [6.45, 7) is 3.78. The molecule has 0 spiro atoms. The number of anilines is 1. The number of carbonyl (C=O) groups is 1. The van der Waals surface area contributed by atoms with Crippen LogP contribution in [-0.4, -0.2) is 42.9 Å². The van der Waals surface area contributed by atoms with Crippen LogP contribution in [0, 0.1) is 5.82 Å². The lowest BCUT2D eigenvalue weighted by atomic mass is 9.94. The van der Waals surface area contributed by atoms with Gasteiger partial charge in [-0.25, -0.2) is 12.8 Å². The van der Waals surface area contributed by atoms with Crippen molar-refractivity contribution in [2.24, 2.45) is 11.5 Å².